The Labute approximate surface area is 116 Å². The number of anilines is 2. The van der Waals surface area contributed by atoms with E-state index in [9.17, 15) is 0 Å². The van der Waals surface area contributed by atoms with Crippen LogP contribution in [0, 0.1) is 11.3 Å². The molecule has 0 bridgehead atoms. The average Bonchev–Trinajstić information content (AvgIpc) is 2.84. The molecule has 0 saturated carbocycles. The predicted molar refractivity (Wildman–Crippen MR) is 73.6 cm³/mol. The van der Waals surface area contributed by atoms with E-state index in [1.807, 2.05) is 6.20 Å². The maximum Gasteiger partial charge on any atom is 0.101 e. The standard InChI is InChI=1S/C13H13ClN4O/c1-19-5-4-18-9-12(8-16-18)17-13-6-11(14)3-2-10(13)7-15/h2-3,6,8-9,17H,4-5H2,1H3. The Morgan fingerprint density at radius 3 is 3.11 bits per heavy atom. The maximum absolute atomic E-state index is 9.04. The largest absolute Gasteiger partial charge is 0.383 e. The first kappa shape index (κ1) is 13.4. The first-order valence-corrected chi connectivity index (χ1v) is 6.09. The fraction of sp³-hybridized carbons (Fsp3) is 0.231. The zero-order chi connectivity index (χ0) is 13.7. The van der Waals surface area contributed by atoms with Gasteiger partial charge in [0.1, 0.15) is 6.07 Å². The molecule has 1 aromatic heterocycles. The van der Waals surface area contributed by atoms with Crippen molar-refractivity contribution in [3.63, 3.8) is 0 Å². The summed E-state index contributed by atoms with van der Waals surface area (Å²) >= 11 is 5.93. The molecular weight excluding hydrogens is 264 g/mol. The third-order valence-electron chi connectivity index (χ3n) is 2.54. The molecule has 0 atom stereocenters. The fourth-order valence-electron chi connectivity index (χ4n) is 1.61. The number of aromatic nitrogens is 2. The number of nitriles is 1. The molecule has 0 fully saturated rings. The molecule has 0 radical (unpaired) electrons. The summed E-state index contributed by atoms with van der Waals surface area (Å²) in [5.74, 6) is 0. The summed E-state index contributed by atoms with van der Waals surface area (Å²) in [5.41, 5.74) is 2.00. The van der Waals surface area contributed by atoms with E-state index in [-0.39, 0.29) is 0 Å². The van der Waals surface area contributed by atoms with Crippen molar-refractivity contribution in [1.29, 1.82) is 5.26 Å². The highest BCUT2D eigenvalue weighted by atomic mass is 35.5. The van der Waals surface area contributed by atoms with Gasteiger partial charge in [-0.3, -0.25) is 4.68 Å². The van der Waals surface area contributed by atoms with Crippen molar-refractivity contribution >= 4 is 23.0 Å². The molecule has 19 heavy (non-hydrogen) atoms. The van der Waals surface area contributed by atoms with Crippen LogP contribution < -0.4 is 5.32 Å². The first-order valence-electron chi connectivity index (χ1n) is 5.71. The van der Waals surface area contributed by atoms with Crippen molar-refractivity contribution in [2.45, 2.75) is 6.54 Å². The first-order chi connectivity index (χ1) is 9.22. The second kappa shape index (κ2) is 6.23. The molecule has 0 aliphatic heterocycles. The molecule has 0 saturated heterocycles. The van der Waals surface area contributed by atoms with E-state index < -0.39 is 0 Å². The summed E-state index contributed by atoms with van der Waals surface area (Å²) < 4.78 is 6.75. The molecule has 6 heteroatoms. The van der Waals surface area contributed by atoms with Crippen molar-refractivity contribution in [3.8, 4) is 6.07 Å². The Balaban J connectivity index is 2.15. The van der Waals surface area contributed by atoms with Crippen LogP contribution in [-0.2, 0) is 11.3 Å². The number of hydrogen-bond acceptors (Lipinski definition) is 4. The van der Waals surface area contributed by atoms with Gasteiger partial charge in [-0.15, -0.1) is 0 Å². The summed E-state index contributed by atoms with van der Waals surface area (Å²) in [6.45, 7) is 1.28. The van der Waals surface area contributed by atoms with Gasteiger partial charge in [-0.2, -0.15) is 10.4 Å². The van der Waals surface area contributed by atoms with Gasteiger partial charge >= 0.3 is 0 Å². The third-order valence-corrected chi connectivity index (χ3v) is 2.77. The van der Waals surface area contributed by atoms with Crippen LogP contribution in [0.2, 0.25) is 5.02 Å². The SMILES string of the molecule is COCCn1cc(Nc2cc(Cl)ccc2C#N)cn1. The van der Waals surface area contributed by atoms with E-state index in [0.717, 1.165) is 5.69 Å². The highest BCUT2D eigenvalue weighted by Gasteiger charge is 2.05. The lowest BCUT2D eigenvalue weighted by Crippen LogP contribution is -2.03. The van der Waals surface area contributed by atoms with Gasteiger partial charge in [0.05, 0.1) is 36.3 Å². The van der Waals surface area contributed by atoms with Gasteiger partial charge in [-0.1, -0.05) is 11.6 Å². The van der Waals surface area contributed by atoms with E-state index in [4.69, 9.17) is 21.6 Å². The smallest absolute Gasteiger partial charge is 0.101 e. The molecule has 1 heterocycles. The maximum atomic E-state index is 9.04. The molecule has 0 spiro atoms. The molecule has 5 nitrogen and oxygen atoms in total. The number of halogens is 1. The van der Waals surface area contributed by atoms with Crippen molar-refractivity contribution < 1.29 is 4.74 Å². The predicted octanol–water partition coefficient (Wildman–Crippen LogP) is 2.80. The second-order valence-corrected chi connectivity index (χ2v) is 4.35. The number of benzene rings is 1. The zero-order valence-electron chi connectivity index (χ0n) is 10.4. The van der Waals surface area contributed by atoms with Gasteiger partial charge in [-0.05, 0) is 18.2 Å². The van der Waals surface area contributed by atoms with Crippen LogP contribution >= 0.6 is 11.6 Å². The Bertz CT molecular complexity index is 603. The Kier molecular flexibility index (Phi) is 4.39. The van der Waals surface area contributed by atoms with Crippen LogP contribution in [0.15, 0.2) is 30.6 Å². The lowest BCUT2D eigenvalue weighted by molar-refractivity contribution is 0.183. The van der Waals surface area contributed by atoms with E-state index in [1.54, 1.807) is 36.2 Å². The lowest BCUT2D eigenvalue weighted by Gasteiger charge is -2.06. The topological polar surface area (TPSA) is 62.9 Å². The number of rotatable bonds is 5. The summed E-state index contributed by atoms with van der Waals surface area (Å²) in [6.07, 6.45) is 3.54. The minimum Gasteiger partial charge on any atom is -0.383 e. The fourth-order valence-corrected chi connectivity index (χ4v) is 1.78. The van der Waals surface area contributed by atoms with E-state index in [0.29, 0.717) is 29.4 Å². The van der Waals surface area contributed by atoms with Gasteiger partial charge in [0, 0.05) is 18.3 Å². The zero-order valence-corrected chi connectivity index (χ0v) is 11.2. The van der Waals surface area contributed by atoms with Crippen molar-refractivity contribution in [3.05, 3.63) is 41.2 Å². The van der Waals surface area contributed by atoms with Crippen molar-refractivity contribution in [1.82, 2.24) is 9.78 Å². The van der Waals surface area contributed by atoms with Gasteiger partial charge in [0.25, 0.3) is 0 Å². The van der Waals surface area contributed by atoms with Crippen LogP contribution in [-0.4, -0.2) is 23.5 Å². The molecule has 98 valence electrons. The van der Waals surface area contributed by atoms with Crippen molar-refractivity contribution in [2.75, 3.05) is 19.0 Å². The number of methoxy groups -OCH3 is 1. The highest BCUT2D eigenvalue weighted by molar-refractivity contribution is 6.30. The molecule has 0 aliphatic carbocycles. The second-order valence-electron chi connectivity index (χ2n) is 3.91. The van der Waals surface area contributed by atoms with Crippen LogP contribution in [0.1, 0.15) is 5.56 Å². The molecule has 1 aromatic carbocycles. The van der Waals surface area contributed by atoms with Gasteiger partial charge in [-0.25, -0.2) is 0 Å². The monoisotopic (exact) mass is 276 g/mol. The summed E-state index contributed by atoms with van der Waals surface area (Å²) in [5, 5.41) is 16.9. The number of nitrogens with zero attached hydrogens (tertiary/aromatic N) is 3. The van der Waals surface area contributed by atoms with Crippen LogP contribution in [0.3, 0.4) is 0 Å². The summed E-state index contributed by atoms with van der Waals surface area (Å²) in [7, 11) is 1.65. The molecule has 0 amide bonds. The molecule has 0 unspecified atom stereocenters. The quantitative estimate of drug-likeness (QED) is 0.912. The molecule has 0 aliphatic rings. The Morgan fingerprint density at radius 1 is 1.53 bits per heavy atom. The van der Waals surface area contributed by atoms with Gasteiger partial charge in [0.15, 0.2) is 0 Å². The Morgan fingerprint density at radius 2 is 2.37 bits per heavy atom. The lowest BCUT2D eigenvalue weighted by atomic mass is 10.2. The molecule has 1 N–H and O–H groups in total. The summed E-state index contributed by atoms with van der Waals surface area (Å²) in [4.78, 5) is 0. The minimum atomic E-state index is 0.536. The van der Waals surface area contributed by atoms with Gasteiger partial charge < -0.3 is 10.1 Å². The molecular formula is C13H13ClN4O. The van der Waals surface area contributed by atoms with Gasteiger partial charge in [0.2, 0.25) is 0 Å². The normalized spacial score (nSPS) is 10.2. The summed E-state index contributed by atoms with van der Waals surface area (Å²) in [6, 6.07) is 7.20. The van der Waals surface area contributed by atoms with Crippen LogP contribution in [0.4, 0.5) is 11.4 Å². The van der Waals surface area contributed by atoms with E-state index in [2.05, 4.69) is 16.5 Å². The Hall–Kier alpha value is -2.03. The number of nitrogens with one attached hydrogen (secondary N) is 1. The third kappa shape index (κ3) is 3.47. The minimum absolute atomic E-state index is 0.536. The number of hydrogen-bond donors (Lipinski definition) is 1. The van der Waals surface area contributed by atoms with E-state index in [1.165, 1.54) is 0 Å². The molecule has 2 rings (SSSR count). The van der Waals surface area contributed by atoms with Crippen molar-refractivity contribution in [2.24, 2.45) is 0 Å². The average molecular weight is 277 g/mol. The van der Waals surface area contributed by atoms with E-state index >= 15 is 0 Å². The number of ether oxygens (including phenoxy) is 1. The van der Waals surface area contributed by atoms with Crippen LogP contribution in [0.5, 0.6) is 0 Å². The highest BCUT2D eigenvalue weighted by Crippen LogP contribution is 2.23. The molecule has 2 aromatic rings. The van der Waals surface area contributed by atoms with Crippen LogP contribution in [0.25, 0.3) is 0 Å².